The number of carbonyl (C=O) groups excluding carboxylic acids is 2. The van der Waals surface area contributed by atoms with Gasteiger partial charge in [0.2, 0.25) is 0 Å². The minimum absolute atomic E-state index is 0.181. The van der Waals surface area contributed by atoms with Crippen molar-refractivity contribution in [3.63, 3.8) is 0 Å². The highest BCUT2D eigenvalue weighted by atomic mass is 35.5. The maximum absolute atomic E-state index is 12.6. The number of hydrogen-bond donors (Lipinski definition) is 2. The Balaban J connectivity index is 1.63. The van der Waals surface area contributed by atoms with Crippen LogP contribution in [-0.4, -0.2) is 24.6 Å². The van der Waals surface area contributed by atoms with Gasteiger partial charge in [0.05, 0.1) is 12.6 Å². The zero-order valence-corrected chi connectivity index (χ0v) is 14.8. The fourth-order valence-corrected chi connectivity index (χ4v) is 3.32. The number of halogens is 1. The van der Waals surface area contributed by atoms with Crippen molar-refractivity contribution in [1.29, 1.82) is 0 Å². The Morgan fingerprint density at radius 3 is 2.58 bits per heavy atom. The Hall–Kier alpha value is -2.53. The topological polar surface area (TPSA) is 67.4 Å². The standard InChI is InChI=1S/C20H19ClN2O3/c21-16-8-6-13(7-9-16)18(23-19(24)17-11-22-20(25)26-17)15-3-1-2-14(10-15)12-4-5-12/h1-3,6-10,12,17-18H,4-5,11H2,(H,22,25)(H,23,24)/t17?,18-/m0/s1. The summed E-state index contributed by atoms with van der Waals surface area (Å²) in [6.45, 7) is 0.181. The average Bonchev–Trinajstić information content (AvgIpc) is 3.41. The lowest BCUT2D eigenvalue weighted by Gasteiger charge is -2.22. The molecule has 2 fully saturated rings. The van der Waals surface area contributed by atoms with Gasteiger partial charge >= 0.3 is 6.09 Å². The molecule has 0 spiro atoms. The SMILES string of the molecule is O=C1NCC(C(=O)N[C@@H](c2ccc(Cl)cc2)c2cccc(C3CC3)c2)O1. The molecule has 1 heterocycles. The Morgan fingerprint density at radius 1 is 1.15 bits per heavy atom. The Morgan fingerprint density at radius 2 is 1.92 bits per heavy atom. The zero-order valence-electron chi connectivity index (χ0n) is 14.1. The molecule has 134 valence electrons. The third-order valence-corrected chi connectivity index (χ3v) is 5.01. The first-order valence-electron chi connectivity index (χ1n) is 8.70. The summed E-state index contributed by atoms with van der Waals surface area (Å²) in [6.07, 6.45) is 1.05. The lowest BCUT2D eigenvalue weighted by atomic mass is 9.95. The minimum Gasteiger partial charge on any atom is -0.434 e. The molecule has 2 amide bonds. The van der Waals surface area contributed by atoms with Crippen molar-refractivity contribution in [3.8, 4) is 0 Å². The van der Waals surface area contributed by atoms with E-state index in [0.717, 1.165) is 11.1 Å². The summed E-state index contributed by atoms with van der Waals surface area (Å²) in [4.78, 5) is 23.8. The van der Waals surface area contributed by atoms with Crippen LogP contribution in [-0.2, 0) is 9.53 Å². The van der Waals surface area contributed by atoms with E-state index < -0.39 is 12.2 Å². The molecule has 1 saturated carbocycles. The summed E-state index contributed by atoms with van der Waals surface area (Å²) >= 11 is 6.01. The van der Waals surface area contributed by atoms with Crippen LogP contribution >= 0.6 is 11.6 Å². The smallest absolute Gasteiger partial charge is 0.408 e. The summed E-state index contributed by atoms with van der Waals surface area (Å²) in [5, 5.41) is 6.16. The van der Waals surface area contributed by atoms with Gasteiger partial charge in [-0.15, -0.1) is 0 Å². The van der Waals surface area contributed by atoms with Crippen molar-refractivity contribution in [3.05, 3.63) is 70.2 Å². The van der Waals surface area contributed by atoms with Gasteiger partial charge in [0.1, 0.15) is 0 Å². The maximum Gasteiger partial charge on any atom is 0.408 e. The normalized spacial score (nSPS) is 20.2. The number of benzene rings is 2. The number of nitrogens with one attached hydrogen (secondary N) is 2. The van der Waals surface area contributed by atoms with E-state index in [-0.39, 0.29) is 18.5 Å². The van der Waals surface area contributed by atoms with Gasteiger partial charge in [-0.2, -0.15) is 0 Å². The van der Waals surface area contributed by atoms with Crippen LogP contribution in [0.1, 0.15) is 41.5 Å². The predicted molar refractivity (Wildman–Crippen MR) is 98.1 cm³/mol. The van der Waals surface area contributed by atoms with Gasteiger partial charge in [0.25, 0.3) is 5.91 Å². The first-order valence-corrected chi connectivity index (χ1v) is 9.08. The molecule has 2 aromatic carbocycles. The molecule has 0 radical (unpaired) electrons. The zero-order chi connectivity index (χ0) is 18.1. The van der Waals surface area contributed by atoms with E-state index in [4.69, 9.17) is 16.3 Å². The van der Waals surface area contributed by atoms with Crippen LogP contribution in [0.5, 0.6) is 0 Å². The van der Waals surface area contributed by atoms with Crippen LogP contribution in [0.25, 0.3) is 0 Å². The van der Waals surface area contributed by atoms with Gasteiger partial charge in [-0.05, 0) is 47.6 Å². The van der Waals surface area contributed by atoms with Gasteiger partial charge in [-0.1, -0.05) is 48.0 Å². The molecule has 0 bridgehead atoms. The average molecular weight is 371 g/mol. The molecule has 26 heavy (non-hydrogen) atoms. The Bertz CT molecular complexity index is 833. The molecule has 5 nitrogen and oxygen atoms in total. The molecular formula is C20H19ClN2O3. The first-order chi connectivity index (χ1) is 12.6. The van der Waals surface area contributed by atoms with E-state index in [1.807, 2.05) is 24.3 Å². The van der Waals surface area contributed by atoms with Gasteiger partial charge in [0, 0.05) is 5.02 Å². The number of hydrogen-bond acceptors (Lipinski definition) is 3. The highest BCUT2D eigenvalue weighted by Crippen LogP contribution is 2.41. The molecular weight excluding hydrogens is 352 g/mol. The Labute approximate surface area is 156 Å². The Kier molecular flexibility index (Phi) is 4.55. The molecule has 1 unspecified atom stereocenters. The molecule has 1 aliphatic heterocycles. The predicted octanol–water partition coefficient (Wildman–Crippen LogP) is 3.53. The molecule has 2 atom stereocenters. The first kappa shape index (κ1) is 16.9. The van der Waals surface area contributed by atoms with Crippen LogP contribution < -0.4 is 10.6 Å². The molecule has 2 aliphatic rings. The van der Waals surface area contributed by atoms with Gasteiger partial charge in [0.15, 0.2) is 6.10 Å². The minimum atomic E-state index is -0.816. The fourth-order valence-electron chi connectivity index (χ4n) is 3.19. The van der Waals surface area contributed by atoms with Crippen LogP contribution in [0.4, 0.5) is 4.79 Å². The van der Waals surface area contributed by atoms with Gasteiger partial charge < -0.3 is 15.4 Å². The number of carbonyl (C=O) groups is 2. The fraction of sp³-hybridized carbons (Fsp3) is 0.300. The summed E-state index contributed by atoms with van der Waals surface area (Å²) in [5.74, 6) is 0.302. The summed E-state index contributed by atoms with van der Waals surface area (Å²) in [7, 11) is 0. The van der Waals surface area contributed by atoms with Crippen molar-refractivity contribution in [2.45, 2.75) is 30.9 Å². The van der Waals surface area contributed by atoms with Gasteiger partial charge in [-0.25, -0.2) is 4.79 Å². The van der Waals surface area contributed by atoms with E-state index in [9.17, 15) is 9.59 Å². The number of amides is 2. The van der Waals surface area contributed by atoms with Crippen LogP contribution in [0.3, 0.4) is 0 Å². The van der Waals surface area contributed by atoms with Gasteiger partial charge in [-0.3, -0.25) is 4.79 Å². The number of ether oxygens (including phenoxy) is 1. The van der Waals surface area contributed by atoms with Crippen molar-refractivity contribution >= 4 is 23.6 Å². The molecule has 4 rings (SSSR count). The highest BCUT2D eigenvalue weighted by Gasteiger charge is 2.32. The largest absolute Gasteiger partial charge is 0.434 e. The van der Waals surface area contributed by atoms with E-state index in [1.54, 1.807) is 12.1 Å². The quantitative estimate of drug-likeness (QED) is 0.846. The number of cyclic esters (lactones) is 1. The van der Waals surface area contributed by atoms with Crippen LogP contribution in [0, 0.1) is 0 Å². The number of rotatable bonds is 5. The second kappa shape index (κ2) is 7.00. The summed E-state index contributed by atoms with van der Waals surface area (Å²) in [6, 6.07) is 15.4. The van der Waals surface area contributed by atoms with Crippen molar-refractivity contribution in [2.75, 3.05) is 6.54 Å². The van der Waals surface area contributed by atoms with Crippen LogP contribution in [0.15, 0.2) is 48.5 Å². The van der Waals surface area contributed by atoms with Crippen LogP contribution in [0.2, 0.25) is 5.02 Å². The lowest BCUT2D eigenvalue weighted by Crippen LogP contribution is -2.39. The summed E-state index contributed by atoms with van der Waals surface area (Å²) in [5.41, 5.74) is 3.22. The van der Waals surface area contributed by atoms with E-state index in [1.165, 1.54) is 18.4 Å². The summed E-state index contributed by atoms with van der Waals surface area (Å²) < 4.78 is 5.00. The molecule has 0 aromatic heterocycles. The lowest BCUT2D eigenvalue weighted by molar-refractivity contribution is -0.128. The second-order valence-electron chi connectivity index (χ2n) is 6.71. The molecule has 1 aliphatic carbocycles. The maximum atomic E-state index is 12.6. The van der Waals surface area contributed by atoms with E-state index >= 15 is 0 Å². The van der Waals surface area contributed by atoms with E-state index in [2.05, 4.69) is 22.8 Å². The highest BCUT2D eigenvalue weighted by molar-refractivity contribution is 6.30. The van der Waals surface area contributed by atoms with Crippen molar-refractivity contribution < 1.29 is 14.3 Å². The third-order valence-electron chi connectivity index (χ3n) is 4.76. The second-order valence-corrected chi connectivity index (χ2v) is 7.15. The number of alkyl carbamates (subject to hydrolysis) is 1. The van der Waals surface area contributed by atoms with Crippen molar-refractivity contribution in [1.82, 2.24) is 10.6 Å². The van der Waals surface area contributed by atoms with Crippen molar-refractivity contribution in [2.24, 2.45) is 0 Å². The molecule has 2 aromatic rings. The molecule has 1 saturated heterocycles. The molecule has 2 N–H and O–H groups in total. The van der Waals surface area contributed by atoms with E-state index in [0.29, 0.717) is 10.9 Å². The monoisotopic (exact) mass is 370 g/mol. The third kappa shape index (κ3) is 3.68. The molecule has 6 heteroatoms.